The number of imidazole rings is 1. The highest BCUT2D eigenvalue weighted by molar-refractivity contribution is 5.43. The molecule has 26 heavy (non-hydrogen) atoms. The molecule has 0 atom stereocenters. The topological polar surface area (TPSA) is 119 Å². The summed E-state index contributed by atoms with van der Waals surface area (Å²) in [5, 5.41) is 26.4. The van der Waals surface area contributed by atoms with Crippen molar-refractivity contribution in [3.63, 3.8) is 0 Å². The van der Waals surface area contributed by atoms with Crippen LogP contribution in [0.15, 0.2) is 30.6 Å². The quantitative estimate of drug-likeness (QED) is 0.207. The molecule has 0 unspecified atom stereocenters. The lowest BCUT2D eigenvalue weighted by molar-refractivity contribution is -0.612. The van der Waals surface area contributed by atoms with Crippen molar-refractivity contribution in [3.05, 3.63) is 57.2 Å². The molecule has 0 aliphatic heterocycles. The number of hydrogen-bond acceptors (Lipinski definition) is 7. The summed E-state index contributed by atoms with van der Waals surface area (Å²) in [7, 11) is 0. The van der Waals surface area contributed by atoms with Crippen LogP contribution in [0, 0.1) is 29.2 Å². The molecule has 0 amide bonds. The zero-order chi connectivity index (χ0) is 18.7. The van der Waals surface area contributed by atoms with Gasteiger partial charge >= 0.3 is 5.82 Å². The lowest BCUT2D eigenvalue weighted by atomic mass is 10.2. The molecule has 0 aliphatic rings. The molecular formula is C16H17N5O5. The van der Waals surface area contributed by atoms with Crippen molar-refractivity contribution in [2.45, 2.75) is 20.3 Å². The number of hydrogen-bond donors (Lipinski definition) is 0. The van der Waals surface area contributed by atoms with Crippen LogP contribution in [0.2, 0.25) is 0 Å². The van der Waals surface area contributed by atoms with Crippen LogP contribution in [-0.2, 0) is 0 Å². The van der Waals surface area contributed by atoms with Gasteiger partial charge in [0.05, 0.1) is 18.8 Å². The van der Waals surface area contributed by atoms with Gasteiger partial charge in [0.1, 0.15) is 11.9 Å². The average Bonchev–Trinajstić information content (AvgIpc) is 3.04. The summed E-state index contributed by atoms with van der Waals surface area (Å²) in [4.78, 5) is 14.3. The smallest absolute Gasteiger partial charge is 0.368 e. The first kappa shape index (κ1) is 17.4. The first-order valence-electron chi connectivity index (χ1n) is 7.91. The standard InChI is InChI=1S/C16H17N5O5/c1-11-12(2)19(22)7-6-13(11)25-8-3-9-26-15-5-4-14-17-10-16(21(23)24)20(14)18-15/h4-7,10H,3,8-9H2,1-2H3. The van der Waals surface area contributed by atoms with Gasteiger partial charge in [0.15, 0.2) is 11.9 Å². The van der Waals surface area contributed by atoms with Gasteiger partial charge < -0.3 is 24.8 Å². The van der Waals surface area contributed by atoms with Crippen LogP contribution in [0.4, 0.5) is 5.82 Å². The molecule has 0 saturated heterocycles. The van der Waals surface area contributed by atoms with E-state index in [-0.39, 0.29) is 11.7 Å². The summed E-state index contributed by atoms with van der Waals surface area (Å²) in [6, 6.07) is 4.83. The Kier molecular flexibility index (Phi) is 4.83. The van der Waals surface area contributed by atoms with Crippen LogP contribution in [0.1, 0.15) is 17.7 Å². The zero-order valence-electron chi connectivity index (χ0n) is 14.3. The van der Waals surface area contributed by atoms with Crippen molar-refractivity contribution in [1.29, 1.82) is 0 Å². The number of nitro groups is 1. The molecule has 3 aromatic rings. The summed E-state index contributed by atoms with van der Waals surface area (Å²) in [5.41, 5.74) is 1.76. The second kappa shape index (κ2) is 7.21. The molecular weight excluding hydrogens is 342 g/mol. The molecule has 136 valence electrons. The van der Waals surface area contributed by atoms with E-state index in [1.165, 1.54) is 6.20 Å². The van der Waals surface area contributed by atoms with Crippen LogP contribution < -0.4 is 14.2 Å². The van der Waals surface area contributed by atoms with Crippen molar-refractivity contribution in [2.24, 2.45) is 0 Å². The Balaban J connectivity index is 1.54. The maximum Gasteiger partial charge on any atom is 0.368 e. The monoisotopic (exact) mass is 359 g/mol. The highest BCUT2D eigenvalue weighted by Gasteiger charge is 2.16. The minimum Gasteiger partial charge on any atom is -0.618 e. The number of ether oxygens (including phenoxy) is 2. The molecule has 3 rings (SSSR count). The van der Waals surface area contributed by atoms with Gasteiger partial charge in [0.25, 0.3) is 5.88 Å². The largest absolute Gasteiger partial charge is 0.618 e. The Hall–Kier alpha value is -3.43. The Morgan fingerprint density at radius 3 is 2.77 bits per heavy atom. The highest BCUT2D eigenvalue weighted by atomic mass is 16.6. The van der Waals surface area contributed by atoms with E-state index < -0.39 is 4.92 Å². The third-order valence-corrected chi connectivity index (χ3v) is 3.91. The minimum absolute atomic E-state index is 0.223. The van der Waals surface area contributed by atoms with E-state index >= 15 is 0 Å². The highest BCUT2D eigenvalue weighted by Crippen LogP contribution is 2.18. The maximum atomic E-state index is 11.5. The van der Waals surface area contributed by atoms with Crippen molar-refractivity contribution in [3.8, 4) is 11.6 Å². The van der Waals surface area contributed by atoms with Crippen molar-refractivity contribution >= 4 is 11.5 Å². The first-order chi connectivity index (χ1) is 12.5. The van der Waals surface area contributed by atoms with Crippen LogP contribution in [-0.4, -0.2) is 32.7 Å². The summed E-state index contributed by atoms with van der Waals surface area (Å²) >= 11 is 0. The Bertz CT molecular complexity index is 956. The van der Waals surface area contributed by atoms with Crippen molar-refractivity contribution < 1.29 is 19.1 Å². The molecule has 0 spiro atoms. The fourth-order valence-corrected chi connectivity index (χ4v) is 2.34. The van der Waals surface area contributed by atoms with Gasteiger partial charge in [-0.15, -0.1) is 0 Å². The van der Waals surface area contributed by atoms with Gasteiger partial charge in [-0.1, -0.05) is 4.52 Å². The molecule has 0 bridgehead atoms. The molecule has 3 heterocycles. The van der Waals surface area contributed by atoms with Crippen LogP contribution in [0.25, 0.3) is 5.65 Å². The number of pyridine rings is 1. The van der Waals surface area contributed by atoms with Crippen LogP contribution in [0.3, 0.4) is 0 Å². The molecule has 0 saturated carbocycles. The van der Waals surface area contributed by atoms with Gasteiger partial charge in [-0.2, -0.15) is 4.73 Å². The Morgan fingerprint density at radius 1 is 1.23 bits per heavy atom. The normalized spacial score (nSPS) is 10.8. The molecule has 0 aromatic carbocycles. The van der Waals surface area contributed by atoms with E-state index in [4.69, 9.17) is 9.47 Å². The fourth-order valence-electron chi connectivity index (χ4n) is 2.34. The molecule has 0 aliphatic carbocycles. The fraction of sp³-hybridized carbons (Fsp3) is 0.312. The van der Waals surface area contributed by atoms with E-state index in [0.29, 0.717) is 36.7 Å². The molecule has 0 N–H and O–H groups in total. The second-order valence-electron chi connectivity index (χ2n) is 5.58. The van der Waals surface area contributed by atoms with Crippen LogP contribution >= 0.6 is 0 Å². The number of nitrogens with zero attached hydrogens (tertiary/aromatic N) is 5. The summed E-state index contributed by atoms with van der Waals surface area (Å²) in [5.74, 6) is 0.695. The third kappa shape index (κ3) is 3.48. The number of rotatable bonds is 7. The van der Waals surface area contributed by atoms with E-state index in [0.717, 1.165) is 21.0 Å². The SMILES string of the molecule is Cc1c(OCCCOc2ccc3ncc([N+](=O)[O-])n3n2)cc[n+]([O-])c1C. The van der Waals surface area contributed by atoms with E-state index in [1.807, 2.05) is 6.92 Å². The molecule has 0 fully saturated rings. The predicted molar refractivity (Wildman–Crippen MR) is 90.1 cm³/mol. The molecule has 3 aromatic heterocycles. The lowest BCUT2D eigenvalue weighted by Crippen LogP contribution is -2.30. The summed E-state index contributed by atoms with van der Waals surface area (Å²) < 4.78 is 13.1. The minimum atomic E-state index is -0.555. The van der Waals surface area contributed by atoms with E-state index in [1.54, 1.807) is 25.1 Å². The van der Waals surface area contributed by atoms with Gasteiger partial charge in [-0.05, 0) is 16.9 Å². The van der Waals surface area contributed by atoms with E-state index in [2.05, 4.69) is 10.1 Å². The van der Waals surface area contributed by atoms with Gasteiger partial charge in [0, 0.05) is 31.5 Å². The van der Waals surface area contributed by atoms with Gasteiger partial charge in [-0.3, -0.25) is 0 Å². The second-order valence-corrected chi connectivity index (χ2v) is 5.58. The Labute approximate surface area is 148 Å². The molecule has 0 radical (unpaired) electrons. The summed E-state index contributed by atoms with van der Waals surface area (Å²) in [6.07, 6.45) is 3.14. The average molecular weight is 359 g/mol. The number of aromatic nitrogens is 4. The van der Waals surface area contributed by atoms with E-state index in [9.17, 15) is 15.3 Å². The molecule has 10 nitrogen and oxygen atoms in total. The van der Waals surface area contributed by atoms with Crippen molar-refractivity contribution in [1.82, 2.24) is 14.6 Å². The molecule has 10 heteroatoms. The lowest BCUT2D eigenvalue weighted by Gasteiger charge is -2.11. The Morgan fingerprint density at radius 2 is 2.00 bits per heavy atom. The maximum absolute atomic E-state index is 11.5. The number of fused-ring (bicyclic) bond motifs is 1. The zero-order valence-corrected chi connectivity index (χ0v) is 14.3. The van der Waals surface area contributed by atoms with Gasteiger partial charge in [-0.25, -0.2) is 4.98 Å². The first-order valence-corrected chi connectivity index (χ1v) is 7.91. The van der Waals surface area contributed by atoms with Gasteiger partial charge in [0.2, 0.25) is 5.65 Å². The summed E-state index contributed by atoms with van der Waals surface area (Å²) in [6.45, 7) is 4.28. The predicted octanol–water partition coefficient (Wildman–Crippen LogP) is 1.74. The van der Waals surface area contributed by atoms with Crippen LogP contribution in [0.5, 0.6) is 11.6 Å². The van der Waals surface area contributed by atoms with Crippen molar-refractivity contribution in [2.75, 3.05) is 13.2 Å². The third-order valence-electron chi connectivity index (χ3n) is 3.91.